The van der Waals surface area contributed by atoms with Crippen molar-refractivity contribution in [3.05, 3.63) is 42.1 Å². The molecule has 27 heavy (non-hydrogen) atoms. The molecular formula is C22H31N3OS. The molecule has 146 valence electrons. The molecule has 1 amide bonds. The zero-order chi connectivity index (χ0) is 19.2. The van der Waals surface area contributed by atoms with Gasteiger partial charge in [0.15, 0.2) is 0 Å². The van der Waals surface area contributed by atoms with Crippen molar-refractivity contribution in [1.29, 1.82) is 0 Å². The number of pyridine rings is 1. The fraction of sp³-hybridized carbons (Fsp3) is 0.545. The number of carbonyl (C=O) groups is 1. The van der Waals surface area contributed by atoms with Crippen molar-refractivity contribution in [2.75, 3.05) is 31.9 Å². The van der Waals surface area contributed by atoms with Gasteiger partial charge in [-0.25, -0.2) is 0 Å². The van der Waals surface area contributed by atoms with Gasteiger partial charge in [-0.1, -0.05) is 44.9 Å². The van der Waals surface area contributed by atoms with Crippen LogP contribution in [0.4, 0.5) is 0 Å². The summed E-state index contributed by atoms with van der Waals surface area (Å²) >= 11 is 4.45. The number of amides is 1. The predicted octanol–water partition coefficient (Wildman–Crippen LogP) is 4.12. The molecule has 1 aliphatic heterocycles. The van der Waals surface area contributed by atoms with Crippen LogP contribution >= 0.6 is 12.6 Å². The van der Waals surface area contributed by atoms with Gasteiger partial charge in [0, 0.05) is 43.8 Å². The lowest BCUT2D eigenvalue weighted by Crippen LogP contribution is -2.55. The molecule has 0 saturated carbocycles. The van der Waals surface area contributed by atoms with Gasteiger partial charge in [0.1, 0.15) is 0 Å². The minimum atomic E-state index is 0.114. The maximum Gasteiger partial charge on any atom is 0.256 e. The molecule has 1 saturated heterocycles. The Kier molecular flexibility index (Phi) is 7.13. The summed E-state index contributed by atoms with van der Waals surface area (Å²) in [5, 5.41) is 1.02. The Bertz CT molecular complexity index is 761. The van der Waals surface area contributed by atoms with Crippen molar-refractivity contribution in [3.63, 3.8) is 0 Å². The van der Waals surface area contributed by atoms with Crippen molar-refractivity contribution >= 4 is 29.4 Å². The minimum absolute atomic E-state index is 0.114. The smallest absolute Gasteiger partial charge is 0.256 e. The zero-order valence-electron chi connectivity index (χ0n) is 16.5. The van der Waals surface area contributed by atoms with E-state index in [0.717, 1.165) is 54.8 Å². The van der Waals surface area contributed by atoms with Gasteiger partial charge in [0.2, 0.25) is 0 Å². The van der Waals surface area contributed by atoms with Gasteiger partial charge in [0.25, 0.3) is 5.91 Å². The third kappa shape index (κ3) is 4.82. The second kappa shape index (κ2) is 9.56. The van der Waals surface area contributed by atoms with Gasteiger partial charge >= 0.3 is 0 Å². The van der Waals surface area contributed by atoms with E-state index in [1.54, 1.807) is 6.20 Å². The highest BCUT2D eigenvalue weighted by Crippen LogP contribution is 2.22. The topological polar surface area (TPSA) is 36.4 Å². The Balaban J connectivity index is 1.77. The highest BCUT2D eigenvalue weighted by atomic mass is 32.1. The quantitative estimate of drug-likeness (QED) is 0.729. The molecule has 3 rings (SSSR count). The lowest BCUT2D eigenvalue weighted by molar-refractivity contribution is 0.0428. The normalized spacial score (nSPS) is 19.4. The van der Waals surface area contributed by atoms with Gasteiger partial charge < -0.3 is 4.90 Å². The van der Waals surface area contributed by atoms with Crippen molar-refractivity contribution in [2.45, 2.75) is 39.2 Å². The molecule has 2 aromatic rings. The zero-order valence-corrected chi connectivity index (χ0v) is 17.4. The number of fused-ring (bicyclic) bond motifs is 1. The van der Waals surface area contributed by atoms with Crippen LogP contribution in [0.5, 0.6) is 0 Å². The van der Waals surface area contributed by atoms with E-state index in [1.807, 2.05) is 35.2 Å². The number of nitrogens with zero attached hydrogens (tertiary/aromatic N) is 3. The number of para-hydroxylation sites is 1. The molecular weight excluding hydrogens is 354 g/mol. The number of hydrogen-bond donors (Lipinski definition) is 1. The van der Waals surface area contributed by atoms with Crippen LogP contribution in [0.2, 0.25) is 0 Å². The Labute approximate surface area is 168 Å². The molecule has 0 spiro atoms. The number of hydrogen-bond acceptors (Lipinski definition) is 4. The molecule has 1 fully saturated rings. The first kappa shape index (κ1) is 20.2. The van der Waals surface area contributed by atoms with Gasteiger partial charge in [0.05, 0.1) is 11.1 Å². The first-order valence-electron chi connectivity index (χ1n) is 10.1. The van der Waals surface area contributed by atoms with E-state index >= 15 is 0 Å². The molecule has 1 aromatic carbocycles. The highest BCUT2D eigenvalue weighted by molar-refractivity contribution is 7.80. The fourth-order valence-corrected chi connectivity index (χ4v) is 4.05. The van der Waals surface area contributed by atoms with Crippen LogP contribution in [0.3, 0.4) is 0 Å². The Morgan fingerprint density at radius 2 is 2.11 bits per heavy atom. The maximum atomic E-state index is 13.3. The SMILES string of the molecule is CCCCC1CN(C(=O)c2cccc3cccnc23)CCN1CC(C)CS. The van der Waals surface area contributed by atoms with Crippen LogP contribution in [0.15, 0.2) is 36.5 Å². The van der Waals surface area contributed by atoms with Crippen molar-refractivity contribution < 1.29 is 4.79 Å². The number of carbonyl (C=O) groups excluding carboxylic acids is 1. The molecule has 0 radical (unpaired) electrons. The van der Waals surface area contributed by atoms with Crippen LogP contribution in [0.25, 0.3) is 10.9 Å². The number of unbranched alkanes of at least 4 members (excludes halogenated alkanes) is 1. The molecule has 0 aliphatic carbocycles. The van der Waals surface area contributed by atoms with Crippen molar-refractivity contribution in [2.24, 2.45) is 5.92 Å². The fourth-order valence-electron chi connectivity index (χ4n) is 3.94. The molecule has 0 N–H and O–H groups in total. The molecule has 2 heterocycles. The van der Waals surface area contributed by atoms with Crippen LogP contribution < -0.4 is 0 Å². The van der Waals surface area contributed by atoms with E-state index in [-0.39, 0.29) is 5.91 Å². The standard InChI is InChI=1S/C22H31N3OS/c1-3-4-9-19-15-25(13-12-24(19)14-17(2)16-27)22(26)20-10-5-7-18-8-6-11-23-21(18)20/h5-8,10-11,17,19,27H,3-4,9,12-16H2,1-2H3. The number of piperazine rings is 1. The lowest BCUT2D eigenvalue weighted by atomic mass is 10.0. The third-order valence-corrected chi connectivity index (χ3v) is 6.13. The van der Waals surface area contributed by atoms with Gasteiger partial charge in [-0.2, -0.15) is 12.6 Å². The second-order valence-corrected chi connectivity index (χ2v) is 8.08. The number of thiol groups is 1. The third-order valence-electron chi connectivity index (χ3n) is 5.50. The summed E-state index contributed by atoms with van der Waals surface area (Å²) in [5.74, 6) is 1.59. The van der Waals surface area contributed by atoms with Crippen LogP contribution in [-0.2, 0) is 0 Å². The number of benzene rings is 1. The van der Waals surface area contributed by atoms with Gasteiger partial charge in [-0.05, 0) is 30.2 Å². The van der Waals surface area contributed by atoms with Gasteiger partial charge in [-0.3, -0.25) is 14.7 Å². The number of aromatic nitrogens is 1. The summed E-state index contributed by atoms with van der Waals surface area (Å²) in [4.78, 5) is 22.3. The summed E-state index contributed by atoms with van der Waals surface area (Å²) in [5.41, 5.74) is 1.53. The Morgan fingerprint density at radius 3 is 2.89 bits per heavy atom. The first-order chi connectivity index (χ1) is 13.1. The summed E-state index contributed by atoms with van der Waals surface area (Å²) in [6.07, 6.45) is 5.30. The van der Waals surface area contributed by atoms with Crippen molar-refractivity contribution in [3.8, 4) is 0 Å². The largest absolute Gasteiger partial charge is 0.336 e. The Morgan fingerprint density at radius 1 is 1.30 bits per heavy atom. The average Bonchev–Trinajstić information content (AvgIpc) is 2.71. The minimum Gasteiger partial charge on any atom is -0.336 e. The molecule has 5 heteroatoms. The molecule has 0 bridgehead atoms. The summed E-state index contributed by atoms with van der Waals surface area (Å²) in [7, 11) is 0. The maximum absolute atomic E-state index is 13.3. The van der Waals surface area contributed by atoms with Crippen LogP contribution in [0.1, 0.15) is 43.5 Å². The van der Waals surface area contributed by atoms with Gasteiger partial charge in [-0.15, -0.1) is 0 Å². The van der Waals surface area contributed by atoms with E-state index in [1.165, 1.54) is 12.8 Å². The highest BCUT2D eigenvalue weighted by Gasteiger charge is 2.30. The van der Waals surface area contributed by atoms with E-state index in [9.17, 15) is 4.79 Å². The number of rotatable bonds is 7. The second-order valence-electron chi connectivity index (χ2n) is 7.71. The van der Waals surface area contributed by atoms with Crippen LogP contribution in [0, 0.1) is 5.92 Å². The monoisotopic (exact) mass is 385 g/mol. The molecule has 2 unspecified atom stereocenters. The van der Waals surface area contributed by atoms with E-state index in [4.69, 9.17) is 0 Å². The van der Waals surface area contributed by atoms with E-state index in [2.05, 4.69) is 36.4 Å². The van der Waals surface area contributed by atoms with E-state index in [0.29, 0.717) is 12.0 Å². The molecule has 2 atom stereocenters. The summed E-state index contributed by atoms with van der Waals surface area (Å²) in [6.45, 7) is 8.08. The predicted molar refractivity (Wildman–Crippen MR) is 116 cm³/mol. The summed E-state index contributed by atoms with van der Waals surface area (Å²) < 4.78 is 0. The molecule has 4 nitrogen and oxygen atoms in total. The first-order valence-corrected chi connectivity index (χ1v) is 10.7. The van der Waals surface area contributed by atoms with E-state index < -0.39 is 0 Å². The van der Waals surface area contributed by atoms with Crippen LogP contribution in [-0.4, -0.2) is 58.7 Å². The summed E-state index contributed by atoms with van der Waals surface area (Å²) in [6, 6.07) is 10.2. The average molecular weight is 386 g/mol. The Hall–Kier alpha value is -1.59. The van der Waals surface area contributed by atoms with Crippen molar-refractivity contribution in [1.82, 2.24) is 14.8 Å². The molecule has 1 aliphatic rings. The molecule has 1 aromatic heterocycles. The lowest BCUT2D eigenvalue weighted by Gasteiger charge is -2.42.